The molecule has 0 aromatic heterocycles. The fourth-order valence-electron chi connectivity index (χ4n) is 3.92. The number of rotatable bonds is 5. The molecule has 1 aliphatic heterocycles. The lowest BCUT2D eigenvalue weighted by molar-refractivity contribution is -0.122. The number of imide groups is 2. The average Bonchev–Trinajstić information content (AvgIpc) is 2.86. The Morgan fingerprint density at radius 2 is 1.60 bits per heavy atom. The van der Waals surface area contributed by atoms with Gasteiger partial charge in [0.25, 0.3) is 11.8 Å². The Morgan fingerprint density at radius 3 is 2.43 bits per heavy atom. The summed E-state index contributed by atoms with van der Waals surface area (Å²) in [7, 11) is 0. The number of fused-ring (bicyclic) bond motifs is 1. The minimum Gasteiger partial charge on any atom is -0.489 e. The predicted octanol–water partition coefficient (Wildman–Crippen LogP) is 5.74. The van der Waals surface area contributed by atoms with Crippen molar-refractivity contribution in [3.63, 3.8) is 0 Å². The van der Waals surface area contributed by atoms with Crippen molar-refractivity contribution in [3.05, 3.63) is 113 Å². The van der Waals surface area contributed by atoms with Crippen LogP contribution >= 0.6 is 11.6 Å². The molecule has 1 aliphatic rings. The summed E-state index contributed by atoms with van der Waals surface area (Å²) in [6.45, 7) is 0.361. The predicted molar refractivity (Wildman–Crippen MR) is 135 cm³/mol. The molecule has 4 aromatic carbocycles. The van der Waals surface area contributed by atoms with E-state index in [1.165, 1.54) is 18.2 Å². The second-order valence-corrected chi connectivity index (χ2v) is 8.37. The van der Waals surface area contributed by atoms with Crippen LogP contribution in [0.25, 0.3) is 16.8 Å². The molecule has 0 atom stereocenters. The number of hydrogen-bond donors (Lipinski definition) is 1. The first-order valence-corrected chi connectivity index (χ1v) is 11.2. The summed E-state index contributed by atoms with van der Waals surface area (Å²) in [5, 5.41) is 4.93. The van der Waals surface area contributed by atoms with Crippen molar-refractivity contribution in [3.8, 4) is 5.75 Å². The number of nitrogens with zero attached hydrogens (tertiary/aromatic N) is 1. The second kappa shape index (κ2) is 9.44. The normalized spacial score (nSPS) is 14.9. The Bertz CT molecular complexity index is 1490. The maximum atomic E-state index is 13.1. The van der Waals surface area contributed by atoms with Crippen molar-refractivity contribution in [1.82, 2.24) is 5.32 Å². The van der Waals surface area contributed by atoms with Crippen molar-refractivity contribution in [1.29, 1.82) is 0 Å². The molecule has 4 aromatic rings. The molecule has 4 amide bonds. The van der Waals surface area contributed by atoms with Gasteiger partial charge in [0.1, 0.15) is 17.9 Å². The Morgan fingerprint density at radius 1 is 0.857 bits per heavy atom. The van der Waals surface area contributed by atoms with Crippen molar-refractivity contribution >= 4 is 52.0 Å². The molecule has 1 heterocycles. The number of benzene rings is 4. The zero-order chi connectivity index (χ0) is 24.4. The molecule has 0 aliphatic carbocycles. The number of barbiturate groups is 1. The quantitative estimate of drug-likeness (QED) is 0.291. The lowest BCUT2D eigenvalue weighted by Gasteiger charge is -2.26. The van der Waals surface area contributed by atoms with Crippen molar-refractivity contribution < 1.29 is 19.1 Å². The highest BCUT2D eigenvalue weighted by Gasteiger charge is 2.36. The van der Waals surface area contributed by atoms with Gasteiger partial charge in [0.15, 0.2) is 0 Å². The van der Waals surface area contributed by atoms with Gasteiger partial charge in [-0.05, 0) is 64.4 Å². The summed E-state index contributed by atoms with van der Waals surface area (Å²) < 4.78 is 6.01. The smallest absolute Gasteiger partial charge is 0.335 e. The number of urea groups is 1. The van der Waals surface area contributed by atoms with E-state index in [1.807, 2.05) is 24.3 Å². The van der Waals surface area contributed by atoms with Crippen LogP contribution in [0.1, 0.15) is 11.1 Å². The van der Waals surface area contributed by atoms with Gasteiger partial charge >= 0.3 is 6.03 Å². The molecule has 6 nitrogen and oxygen atoms in total. The molecule has 1 N–H and O–H groups in total. The van der Waals surface area contributed by atoms with Crippen LogP contribution < -0.4 is 15.0 Å². The van der Waals surface area contributed by atoms with E-state index in [9.17, 15) is 14.4 Å². The van der Waals surface area contributed by atoms with Crippen LogP contribution in [0.4, 0.5) is 10.5 Å². The number of amides is 4. The van der Waals surface area contributed by atoms with Crippen LogP contribution in [0.3, 0.4) is 0 Å². The summed E-state index contributed by atoms with van der Waals surface area (Å²) >= 11 is 5.91. The van der Waals surface area contributed by atoms with Crippen LogP contribution in [0.5, 0.6) is 5.75 Å². The lowest BCUT2D eigenvalue weighted by Crippen LogP contribution is -2.54. The highest BCUT2D eigenvalue weighted by molar-refractivity contribution is 6.39. The van der Waals surface area contributed by atoms with E-state index in [1.54, 1.807) is 36.4 Å². The Hall–Kier alpha value is -4.42. The molecular formula is C28H19ClN2O4. The number of carbonyl (C=O) groups excluding carboxylic acids is 3. The maximum Gasteiger partial charge on any atom is 0.335 e. The van der Waals surface area contributed by atoms with Gasteiger partial charge < -0.3 is 4.74 Å². The first-order chi connectivity index (χ1) is 17.0. The molecule has 1 saturated heterocycles. The lowest BCUT2D eigenvalue weighted by atomic mass is 10.1. The summed E-state index contributed by atoms with van der Waals surface area (Å²) in [6.07, 6.45) is 1.44. The molecule has 35 heavy (non-hydrogen) atoms. The van der Waals surface area contributed by atoms with Crippen LogP contribution in [0, 0.1) is 0 Å². The second-order valence-electron chi connectivity index (χ2n) is 7.93. The van der Waals surface area contributed by atoms with Crippen LogP contribution in [-0.2, 0) is 16.2 Å². The van der Waals surface area contributed by atoms with Crippen LogP contribution in [0.15, 0.2) is 96.6 Å². The van der Waals surface area contributed by atoms with E-state index in [2.05, 4.69) is 23.5 Å². The third kappa shape index (κ3) is 4.65. The van der Waals surface area contributed by atoms with E-state index in [4.69, 9.17) is 16.3 Å². The minimum absolute atomic E-state index is 0.161. The van der Waals surface area contributed by atoms with Crippen molar-refractivity contribution in [2.75, 3.05) is 4.90 Å². The van der Waals surface area contributed by atoms with Gasteiger partial charge in [-0.1, -0.05) is 66.2 Å². The van der Waals surface area contributed by atoms with E-state index < -0.39 is 17.8 Å². The third-order valence-corrected chi connectivity index (χ3v) is 5.88. The molecule has 0 spiro atoms. The molecule has 0 unspecified atom stereocenters. The summed E-state index contributed by atoms with van der Waals surface area (Å²) in [4.78, 5) is 38.8. The van der Waals surface area contributed by atoms with Crippen LogP contribution in [-0.4, -0.2) is 17.8 Å². The SMILES string of the molecule is O=C1NC(=O)N(c2ccc(Cl)cc2)C(=O)C1=Cc1cccc(OCc2cccc3ccccc23)c1. The molecule has 172 valence electrons. The number of carbonyl (C=O) groups is 3. The Balaban J connectivity index is 1.39. The maximum absolute atomic E-state index is 13.1. The highest BCUT2D eigenvalue weighted by Crippen LogP contribution is 2.25. The number of hydrogen-bond acceptors (Lipinski definition) is 4. The van der Waals surface area contributed by atoms with E-state index in [-0.39, 0.29) is 5.57 Å². The molecule has 5 rings (SSSR count). The van der Waals surface area contributed by atoms with E-state index >= 15 is 0 Å². The average molecular weight is 483 g/mol. The minimum atomic E-state index is -0.813. The van der Waals surface area contributed by atoms with Gasteiger partial charge in [0.2, 0.25) is 0 Å². The van der Waals surface area contributed by atoms with Crippen LogP contribution in [0.2, 0.25) is 5.02 Å². The molecule has 0 radical (unpaired) electrons. The van der Waals surface area contributed by atoms with Gasteiger partial charge in [-0.25, -0.2) is 9.69 Å². The first kappa shape index (κ1) is 22.4. The number of anilines is 1. The Kier molecular flexibility index (Phi) is 6.04. The topological polar surface area (TPSA) is 75.7 Å². The summed E-state index contributed by atoms with van der Waals surface area (Å²) in [5.74, 6) is -0.892. The fourth-order valence-corrected chi connectivity index (χ4v) is 4.05. The third-order valence-electron chi connectivity index (χ3n) is 5.63. The van der Waals surface area contributed by atoms with Crippen molar-refractivity contribution in [2.24, 2.45) is 0 Å². The first-order valence-electron chi connectivity index (χ1n) is 10.9. The molecular weight excluding hydrogens is 464 g/mol. The van der Waals surface area contributed by atoms with Gasteiger partial charge in [0.05, 0.1) is 5.69 Å². The summed E-state index contributed by atoms with van der Waals surface area (Å²) in [5.41, 5.74) is 1.78. The summed E-state index contributed by atoms with van der Waals surface area (Å²) in [6, 6.07) is 26.6. The number of nitrogens with one attached hydrogen (secondary N) is 1. The largest absolute Gasteiger partial charge is 0.489 e. The standard InChI is InChI=1S/C28H19ClN2O4/c29-21-11-13-22(14-12-21)31-27(33)25(26(32)30-28(31)34)16-18-5-3-9-23(15-18)35-17-20-8-4-7-19-6-1-2-10-24(19)20/h1-16H,17H2,(H,30,32,34). The van der Waals surface area contributed by atoms with E-state index in [0.717, 1.165) is 21.2 Å². The number of halogens is 1. The zero-order valence-electron chi connectivity index (χ0n) is 18.4. The fraction of sp³-hybridized carbons (Fsp3) is 0.0357. The van der Waals surface area contributed by atoms with Gasteiger partial charge in [-0.3, -0.25) is 14.9 Å². The highest BCUT2D eigenvalue weighted by atomic mass is 35.5. The van der Waals surface area contributed by atoms with Gasteiger partial charge in [0, 0.05) is 5.02 Å². The molecule has 1 fully saturated rings. The molecule has 7 heteroatoms. The van der Waals surface area contributed by atoms with Gasteiger partial charge in [-0.15, -0.1) is 0 Å². The molecule has 0 saturated carbocycles. The monoisotopic (exact) mass is 482 g/mol. The van der Waals surface area contributed by atoms with Gasteiger partial charge in [-0.2, -0.15) is 0 Å². The van der Waals surface area contributed by atoms with E-state index in [0.29, 0.717) is 28.6 Å². The molecule has 0 bridgehead atoms. The Labute approximate surface area is 206 Å². The number of ether oxygens (including phenoxy) is 1. The zero-order valence-corrected chi connectivity index (χ0v) is 19.2. The van der Waals surface area contributed by atoms with Crippen molar-refractivity contribution in [2.45, 2.75) is 6.61 Å².